The zero-order valence-electron chi connectivity index (χ0n) is 16.6. The predicted molar refractivity (Wildman–Crippen MR) is 107 cm³/mol. The molecule has 1 aliphatic rings. The number of carbonyl (C=O) groups excluding carboxylic acids is 1. The topological polar surface area (TPSA) is 56.8 Å². The zero-order chi connectivity index (χ0) is 18.9. The number of rotatable bonds is 8. The summed E-state index contributed by atoms with van der Waals surface area (Å²) < 4.78 is 5.03. The van der Waals surface area contributed by atoms with Gasteiger partial charge in [0.15, 0.2) is 0 Å². The highest BCUT2D eigenvalue weighted by atomic mass is 16.5. The van der Waals surface area contributed by atoms with Crippen molar-refractivity contribution < 1.29 is 9.53 Å². The molecule has 26 heavy (non-hydrogen) atoms. The molecule has 0 saturated carbocycles. The lowest BCUT2D eigenvalue weighted by molar-refractivity contribution is 0.170. The molecular weight excluding hydrogens is 328 g/mol. The number of carbonyl (C=O) groups is 1. The van der Waals surface area contributed by atoms with E-state index in [2.05, 4.69) is 58.5 Å². The number of anilines is 1. The summed E-state index contributed by atoms with van der Waals surface area (Å²) in [6.45, 7) is 11.9. The van der Waals surface area contributed by atoms with Crippen LogP contribution in [0.25, 0.3) is 0 Å². The Morgan fingerprint density at radius 1 is 1.15 bits per heavy atom. The second-order valence-electron chi connectivity index (χ2n) is 7.33. The van der Waals surface area contributed by atoms with Gasteiger partial charge in [0.25, 0.3) is 0 Å². The van der Waals surface area contributed by atoms with Gasteiger partial charge in [-0.1, -0.05) is 12.1 Å². The Morgan fingerprint density at radius 2 is 1.85 bits per heavy atom. The van der Waals surface area contributed by atoms with Gasteiger partial charge in [-0.3, -0.25) is 4.90 Å². The van der Waals surface area contributed by atoms with Crippen molar-refractivity contribution in [2.24, 2.45) is 0 Å². The smallest absolute Gasteiger partial charge is 0.315 e. The van der Waals surface area contributed by atoms with Crippen LogP contribution in [0.2, 0.25) is 0 Å². The number of ether oxygens (including phenoxy) is 1. The number of amides is 2. The maximum Gasteiger partial charge on any atom is 0.315 e. The second-order valence-corrected chi connectivity index (χ2v) is 7.33. The van der Waals surface area contributed by atoms with Crippen molar-refractivity contribution in [3.63, 3.8) is 0 Å². The van der Waals surface area contributed by atoms with E-state index in [1.165, 1.54) is 11.3 Å². The SMILES string of the molecule is COCC(C)NC(=O)NC(C)CCN1CCN(c2cccc(C)c2)CC1. The molecule has 6 nitrogen and oxygen atoms in total. The number of urea groups is 1. The fourth-order valence-electron chi connectivity index (χ4n) is 3.28. The van der Waals surface area contributed by atoms with Gasteiger partial charge in [0.2, 0.25) is 0 Å². The third-order valence-corrected chi connectivity index (χ3v) is 4.79. The summed E-state index contributed by atoms with van der Waals surface area (Å²) in [6, 6.07) is 8.76. The summed E-state index contributed by atoms with van der Waals surface area (Å²) in [5, 5.41) is 5.89. The van der Waals surface area contributed by atoms with Crippen LogP contribution in [-0.2, 0) is 4.74 Å². The first-order chi connectivity index (χ1) is 12.5. The van der Waals surface area contributed by atoms with Crippen molar-refractivity contribution in [2.75, 3.05) is 51.3 Å². The monoisotopic (exact) mass is 362 g/mol. The summed E-state index contributed by atoms with van der Waals surface area (Å²) in [7, 11) is 1.64. The maximum atomic E-state index is 11.9. The quantitative estimate of drug-likeness (QED) is 0.745. The van der Waals surface area contributed by atoms with Gasteiger partial charge in [0.05, 0.1) is 12.6 Å². The van der Waals surface area contributed by atoms with E-state index < -0.39 is 0 Å². The van der Waals surface area contributed by atoms with Crippen molar-refractivity contribution >= 4 is 11.7 Å². The molecular formula is C20H34N4O2. The molecule has 1 aromatic rings. The first-order valence-electron chi connectivity index (χ1n) is 9.58. The minimum atomic E-state index is -0.119. The average Bonchev–Trinajstić information content (AvgIpc) is 2.60. The van der Waals surface area contributed by atoms with Crippen LogP contribution in [0.1, 0.15) is 25.8 Å². The first kappa shape index (κ1) is 20.5. The molecule has 0 spiro atoms. The van der Waals surface area contributed by atoms with E-state index in [-0.39, 0.29) is 18.1 Å². The molecule has 0 bridgehead atoms. The molecule has 1 heterocycles. The maximum absolute atomic E-state index is 11.9. The molecule has 0 aromatic heterocycles. The highest BCUT2D eigenvalue weighted by molar-refractivity contribution is 5.74. The standard InChI is InChI=1S/C20H34N4O2/c1-16-6-5-7-19(14-16)24-12-10-23(11-13-24)9-8-17(2)21-20(25)22-18(3)15-26-4/h5-7,14,17-18H,8-13,15H2,1-4H3,(H2,21,22,25). The van der Waals surface area contributed by atoms with Crippen LogP contribution in [0.4, 0.5) is 10.5 Å². The average molecular weight is 363 g/mol. The molecule has 1 aliphatic heterocycles. The van der Waals surface area contributed by atoms with E-state index in [0.29, 0.717) is 6.61 Å². The van der Waals surface area contributed by atoms with Crippen LogP contribution in [0.5, 0.6) is 0 Å². The minimum absolute atomic E-state index is 0.0156. The molecule has 146 valence electrons. The van der Waals surface area contributed by atoms with Gasteiger partial charge in [-0.15, -0.1) is 0 Å². The Kier molecular flexibility index (Phi) is 8.19. The molecule has 1 fully saturated rings. The predicted octanol–water partition coefficient (Wildman–Crippen LogP) is 2.23. The lowest BCUT2D eigenvalue weighted by atomic mass is 10.1. The van der Waals surface area contributed by atoms with Crippen LogP contribution < -0.4 is 15.5 Å². The van der Waals surface area contributed by atoms with Crippen molar-refractivity contribution in [1.82, 2.24) is 15.5 Å². The highest BCUT2D eigenvalue weighted by Crippen LogP contribution is 2.17. The van der Waals surface area contributed by atoms with Crippen LogP contribution in [0.15, 0.2) is 24.3 Å². The number of methoxy groups -OCH3 is 1. The normalized spacial score (nSPS) is 17.6. The van der Waals surface area contributed by atoms with Gasteiger partial charge >= 0.3 is 6.03 Å². The van der Waals surface area contributed by atoms with Crippen molar-refractivity contribution in [1.29, 1.82) is 0 Å². The van der Waals surface area contributed by atoms with Crippen LogP contribution in [-0.4, -0.2) is 69.5 Å². The van der Waals surface area contributed by atoms with Crippen molar-refractivity contribution in [3.8, 4) is 0 Å². The molecule has 2 unspecified atom stereocenters. The van der Waals surface area contributed by atoms with Gasteiger partial charge < -0.3 is 20.3 Å². The van der Waals surface area contributed by atoms with Crippen LogP contribution in [0, 0.1) is 6.92 Å². The summed E-state index contributed by atoms with van der Waals surface area (Å²) in [6.07, 6.45) is 0.955. The van der Waals surface area contributed by atoms with Gasteiger partial charge in [0.1, 0.15) is 0 Å². The van der Waals surface area contributed by atoms with Gasteiger partial charge in [-0.2, -0.15) is 0 Å². The van der Waals surface area contributed by atoms with Crippen LogP contribution >= 0.6 is 0 Å². The fraction of sp³-hybridized carbons (Fsp3) is 0.650. The molecule has 2 rings (SSSR count). The van der Waals surface area contributed by atoms with E-state index in [1.807, 2.05) is 6.92 Å². The molecule has 0 radical (unpaired) electrons. The summed E-state index contributed by atoms with van der Waals surface area (Å²) in [5.41, 5.74) is 2.63. The number of hydrogen-bond acceptors (Lipinski definition) is 4. The number of nitrogens with one attached hydrogen (secondary N) is 2. The molecule has 2 amide bonds. The lowest BCUT2D eigenvalue weighted by Gasteiger charge is -2.36. The molecule has 6 heteroatoms. The lowest BCUT2D eigenvalue weighted by Crippen LogP contribution is -2.49. The number of aryl methyl sites for hydroxylation is 1. The number of piperazine rings is 1. The third-order valence-electron chi connectivity index (χ3n) is 4.79. The zero-order valence-corrected chi connectivity index (χ0v) is 16.6. The second kappa shape index (κ2) is 10.4. The first-order valence-corrected chi connectivity index (χ1v) is 9.58. The molecule has 1 saturated heterocycles. The van der Waals surface area contributed by atoms with Crippen molar-refractivity contribution in [3.05, 3.63) is 29.8 Å². The molecule has 2 atom stereocenters. The molecule has 1 aromatic carbocycles. The fourth-order valence-corrected chi connectivity index (χ4v) is 3.28. The van der Waals surface area contributed by atoms with Gasteiger partial charge in [0, 0.05) is 51.6 Å². The van der Waals surface area contributed by atoms with Gasteiger partial charge in [-0.05, 0) is 44.9 Å². The number of nitrogens with zero attached hydrogens (tertiary/aromatic N) is 2. The van der Waals surface area contributed by atoms with E-state index >= 15 is 0 Å². The largest absolute Gasteiger partial charge is 0.383 e. The van der Waals surface area contributed by atoms with E-state index in [9.17, 15) is 4.79 Å². The van der Waals surface area contributed by atoms with Crippen LogP contribution in [0.3, 0.4) is 0 Å². The summed E-state index contributed by atoms with van der Waals surface area (Å²) >= 11 is 0. The Labute approximate surface area is 157 Å². The van der Waals surface area contributed by atoms with E-state index in [1.54, 1.807) is 7.11 Å². The van der Waals surface area contributed by atoms with Crippen molar-refractivity contribution in [2.45, 2.75) is 39.3 Å². The molecule has 2 N–H and O–H groups in total. The summed E-state index contributed by atoms with van der Waals surface area (Å²) in [4.78, 5) is 16.9. The number of hydrogen-bond donors (Lipinski definition) is 2. The summed E-state index contributed by atoms with van der Waals surface area (Å²) in [5.74, 6) is 0. The Bertz CT molecular complexity index is 558. The number of benzene rings is 1. The Morgan fingerprint density at radius 3 is 2.50 bits per heavy atom. The van der Waals surface area contributed by atoms with Gasteiger partial charge in [-0.25, -0.2) is 4.79 Å². The Balaban J connectivity index is 1.65. The molecule has 0 aliphatic carbocycles. The van der Waals surface area contributed by atoms with E-state index in [4.69, 9.17) is 4.74 Å². The van der Waals surface area contributed by atoms with E-state index in [0.717, 1.165) is 39.1 Å². The highest BCUT2D eigenvalue weighted by Gasteiger charge is 2.18. The Hall–Kier alpha value is -1.79. The third kappa shape index (κ3) is 6.84. The minimum Gasteiger partial charge on any atom is -0.383 e.